The van der Waals surface area contributed by atoms with Crippen molar-refractivity contribution in [3.63, 3.8) is 0 Å². The molecule has 4 unspecified atom stereocenters. The summed E-state index contributed by atoms with van der Waals surface area (Å²) in [5.74, 6) is 28.0. The SMILES string of the molecule is CCCCC(CC)CN1C(=O)C2=C(c3ccc(C#Cc4c5nc(c(C#Cc6ccc(C(F)(F)F)cc6)c6ccc([nH]6)c(C#Cc6ccc(C7=C8C(=O)N(CC(CC)CCCC)C(c9cccs9)=C8C(=O)N7CC(CC)CCCC)s6)c6nc(c(C#Cc7ccc(N(C)C)cc7)c7ccc4[nH]7)C=C6)C=C5)s3)N(CC(CC)CCCC)C(=O)C2=C1c1cccs1. The lowest BCUT2D eigenvalue weighted by Crippen LogP contribution is -2.34. The van der Waals surface area contributed by atoms with E-state index in [1.807, 2.05) is 171 Å². The van der Waals surface area contributed by atoms with E-state index >= 15 is 19.2 Å². The van der Waals surface area contributed by atoms with Gasteiger partial charge in [-0.3, -0.25) is 19.2 Å². The van der Waals surface area contributed by atoms with Gasteiger partial charge in [-0.1, -0.05) is 192 Å². The smallest absolute Gasteiger partial charge is 0.378 e. The third-order valence-electron chi connectivity index (χ3n) is 24.1. The van der Waals surface area contributed by atoms with Crippen LogP contribution in [0.25, 0.3) is 69.2 Å². The molecule has 6 aliphatic heterocycles. The van der Waals surface area contributed by atoms with Gasteiger partial charge in [0.05, 0.1) is 147 Å². The molecule has 6 aliphatic rings. The minimum atomic E-state index is -4.56. The van der Waals surface area contributed by atoms with Gasteiger partial charge in [0.2, 0.25) is 0 Å². The van der Waals surface area contributed by atoms with Gasteiger partial charge in [-0.25, -0.2) is 9.97 Å². The number of benzene rings is 2. The molecule has 2 N–H and O–H groups in total. The van der Waals surface area contributed by atoms with Crippen LogP contribution < -0.4 is 4.90 Å². The number of nitrogens with zero attached hydrogens (tertiary/aromatic N) is 7. The van der Waals surface area contributed by atoms with Gasteiger partial charge in [-0.05, 0) is 194 Å². The number of thiophene rings is 4. The number of hydrogen-bond donors (Lipinski definition) is 2. The number of unbranched alkanes of at least 4 members (excludes halogenated alkanes) is 4. The van der Waals surface area contributed by atoms with Gasteiger partial charge in [-0.2, -0.15) is 13.2 Å². The van der Waals surface area contributed by atoms with Crippen molar-refractivity contribution < 1.29 is 32.3 Å². The van der Waals surface area contributed by atoms with E-state index in [4.69, 9.17) is 9.97 Å². The molecule has 7 aromatic heterocycles. The zero-order valence-electron chi connectivity index (χ0n) is 71.5. The van der Waals surface area contributed by atoms with Gasteiger partial charge >= 0.3 is 6.18 Å². The highest BCUT2D eigenvalue weighted by atomic mass is 32.1. The van der Waals surface area contributed by atoms with Crippen molar-refractivity contribution in [3.8, 4) is 47.4 Å². The van der Waals surface area contributed by atoms with Crippen LogP contribution in [0.5, 0.6) is 0 Å². The van der Waals surface area contributed by atoms with Gasteiger partial charge in [0.25, 0.3) is 23.6 Å². The zero-order valence-corrected chi connectivity index (χ0v) is 74.8. The molecule has 0 saturated carbocycles. The van der Waals surface area contributed by atoms with Crippen molar-refractivity contribution in [2.75, 3.05) is 45.2 Å². The standard InChI is InChI=1S/C103H102F3N9O4S4/c1-11-19-25-65(15-5)61-112-95(87-29-23-59-120-87)91-93(101(112)118)97(114(99(91)116)63-67(17-7)27-21-13-3)89-57-43-73(122-89)41-47-77-83-53-49-79(107-83)75(45-35-69-31-37-71(38-32-69)103(104,105)106)80-50-54-84(108-80)78(86-56-52-82(110-86)76(81-51-55-85(77)109-81)46-36-70-33-39-72(40-34-70)111(9)10)48-42-74-44-58-90(123-74)98-94-92(100(117)115(98)64-68(18-8)28-22-14-4)96(88-30-24-60-121-88)113(102(94)119)62-66(16-6)26-20-12-2/h23-24,29-34,37-40,43-44,49-60,65-68,107,110H,11-22,25-28,61-64H2,1-10H3. The normalized spacial score (nSPS) is 15.3. The first-order valence-electron chi connectivity index (χ1n) is 43.5. The molecule has 4 amide bonds. The molecular weight excluding hydrogens is 1610 g/mol. The number of rotatable bonds is 29. The molecule has 123 heavy (non-hydrogen) atoms. The van der Waals surface area contributed by atoms with Crippen molar-refractivity contribution in [3.05, 3.63) is 245 Å². The molecule has 13 heterocycles. The molecule has 20 heteroatoms. The van der Waals surface area contributed by atoms with E-state index in [0.717, 1.165) is 146 Å². The monoisotopic (exact) mass is 1710 g/mol. The number of anilines is 1. The second kappa shape index (κ2) is 38.5. The molecule has 4 atom stereocenters. The average Bonchev–Trinajstić information content (AvgIpc) is 1.56. The number of H-pyrrole nitrogens is 2. The zero-order chi connectivity index (χ0) is 86.2. The Balaban J connectivity index is 0.905. The molecule has 0 spiro atoms. The summed E-state index contributed by atoms with van der Waals surface area (Å²) in [6.45, 7) is 19.4. The number of fused-ring (bicyclic) bond motifs is 10. The Kier molecular flexibility index (Phi) is 27.1. The number of carbonyl (C=O) groups is 4. The summed E-state index contributed by atoms with van der Waals surface area (Å²) in [5, 5.41) is 4.01. The maximum absolute atomic E-state index is 15.6. The first-order chi connectivity index (χ1) is 59.7. The molecule has 2 aromatic carbocycles. The van der Waals surface area contributed by atoms with Crippen molar-refractivity contribution >= 4 is 144 Å². The number of aromatic nitrogens is 4. The third-order valence-corrected chi connectivity index (χ3v) is 27.9. The summed E-state index contributed by atoms with van der Waals surface area (Å²) in [5.41, 5.74) is 12.2. The van der Waals surface area contributed by atoms with E-state index in [1.54, 1.807) is 22.7 Å². The van der Waals surface area contributed by atoms with Gasteiger partial charge in [0, 0.05) is 57.1 Å². The van der Waals surface area contributed by atoms with Gasteiger partial charge in [0.1, 0.15) is 0 Å². The quantitative estimate of drug-likeness (QED) is 0.0445. The molecule has 0 aliphatic carbocycles. The Hall–Kier alpha value is -11.5. The molecular formula is C103H102F3N9O4S4. The highest BCUT2D eigenvalue weighted by Crippen LogP contribution is 2.52. The van der Waals surface area contributed by atoms with Crippen LogP contribution in [-0.4, -0.2) is 103 Å². The Morgan fingerprint density at radius 2 is 0.691 bits per heavy atom. The van der Waals surface area contributed by atoms with Crippen molar-refractivity contribution in [1.82, 2.24) is 39.5 Å². The van der Waals surface area contributed by atoms with Gasteiger partial charge in [-0.15, -0.1) is 45.3 Å². The highest BCUT2D eigenvalue weighted by Gasteiger charge is 2.52. The van der Waals surface area contributed by atoms with Crippen LogP contribution in [0, 0.1) is 71.0 Å². The molecule has 0 fully saturated rings. The number of hydrogen-bond acceptors (Lipinski definition) is 11. The van der Waals surface area contributed by atoms with E-state index in [-0.39, 0.29) is 47.3 Å². The van der Waals surface area contributed by atoms with Crippen molar-refractivity contribution in [1.29, 1.82) is 0 Å². The molecule has 628 valence electrons. The lowest BCUT2D eigenvalue weighted by molar-refractivity contribution is -0.137. The first-order valence-corrected chi connectivity index (χ1v) is 46.9. The van der Waals surface area contributed by atoms with E-state index in [0.29, 0.717) is 154 Å². The Morgan fingerprint density at radius 3 is 0.976 bits per heavy atom. The van der Waals surface area contributed by atoms with E-state index in [9.17, 15) is 13.2 Å². The van der Waals surface area contributed by atoms with Crippen LogP contribution >= 0.6 is 45.3 Å². The van der Waals surface area contributed by atoms with Crippen LogP contribution in [0.2, 0.25) is 0 Å². The van der Waals surface area contributed by atoms with Crippen LogP contribution in [0.1, 0.15) is 249 Å². The maximum atomic E-state index is 15.6. The topological polar surface area (TPSA) is 142 Å². The largest absolute Gasteiger partial charge is 0.416 e. The number of carbonyl (C=O) groups excluding carboxylic acids is 4. The predicted octanol–water partition coefficient (Wildman–Crippen LogP) is 24.1. The summed E-state index contributed by atoms with van der Waals surface area (Å²) in [7, 11) is 3.99. The molecule has 0 radical (unpaired) electrons. The lowest BCUT2D eigenvalue weighted by atomic mass is 9.98. The fourth-order valence-corrected chi connectivity index (χ4v) is 20.4. The molecule has 0 saturated heterocycles. The summed E-state index contributed by atoms with van der Waals surface area (Å²) in [6, 6.07) is 36.4. The number of aromatic amines is 2. The maximum Gasteiger partial charge on any atom is 0.416 e. The Labute approximate surface area is 736 Å². The second-order valence-corrected chi connectivity index (χ2v) is 36.6. The third kappa shape index (κ3) is 18.3. The number of nitrogens with one attached hydrogen (secondary N) is 2. The minimum absolute atomic E-state index is 0.153. The van der Waals surface area contributed by atoms with Gasteiger partial charge < -0.3 is 34.5 Å². The predicted molar refractivity (Wildman–Crippen MR) is 500 cm³/mol. The molecule has 8 bridgehead atoms. The Bertz CT molecular complexity index is 6010. The summed E-state index contributed by atoms with van der Waals surface area (Å²) in [6.07, 6.45) is 18.7. The lowest BCUT2D eigenvalue weighted by Gasteiger charge is -2.29. The van der Waals surface area contributed by atoms with E-state index in [1.165, 1.54) is 34.8 Å². The van der Waals surface area contributed by atoms with E-state index < -0.39 is 11.7 Å². The van der Waals surface area contributed by atoms with E-state index in [2.05, 4.69) is 113 Å². The highest BCUT2D eigenvalue weighted by molar-refractivity contribution is 7.14. The number of amides is 4. The Morgan fingerprint density at radius 1 is 0.382 bits per heavy atom. The number of halogens is 3. The fraction of sp³-hybridized carbons (Fsp3) is 0.340. The summed E-state index contributed by atoms with van der Waals surface area (Å²) >= 11 is 5.96. The minimum Gasteiger partial charge on any atom is -0.378 e. The molecule has 9 aromatic rings. The van der Waals surface area contributed by atoms with Gasteiger partial charge in [0.15, 0.2) is 0 Å². The van der Waals surface area contributed by atoms with Crippen molar-refractivity contribution in [2.45, 2.75) is 164 Å². The van der Waals surface area contributed by atoms with Crippen LogP contribution in [0.15, 0.2) is 154 Å². The van der Waals surface area contributed by atoms with Crippen LogP contribution in [0.3, 0.4) is 0 Å². The fourth-order valence-electron chi connectivity index (χ4n) is 16.9. The first kappa shape index (κ1) is 86.4. The second-order valence-electron chi connectivity index (χ2n) is 32.5. The summed E-state index contributed by atoms with van der Waals surface area (Å²) in [4.78, 5) is 94.7. The summed E-state index contributed by atoms with van der Waals surface area (Å²) < 4.78 is 42.2. The average molecular weight is 1720 g/mol. The van der Waals surface area contributed by atoms with Crippen molar-refractivity contribution in [2.24, 2.45) is 23.7 Å². The van der Waals surface area contributed by atoms with Crippen LogP contribution in [-0.2, 0) is 25.4 Å². The number of alkyl halides is 3. The molecule has 13 nitrogen and oxygen atoms in total. The molecule has 15 rings (SSSR count). The van der Waals surface area contributed by atoms with Crippen LogP contribution in [0.4, 0.5) is 18.9 Å².